The number of halogens is 1. The number of carbonyl (C=O) groups excluding carboxylic acids is 2. The van der Waals surface area contributed by atoms with Crippen molar-refractivity contribution in [3.63, 3.8) is 0 Å². The quantitative estimate of drug-likeness (QED) is 0.729. The molecule has 2 aromatic rings. The number of amides is 2. The molecule has 1 aliphatic heterocycles. The van der Waals surface area contributed by atoms with Crippen LogP contribution in [0.15, 0.2) is 24.3 Å². The lowest BCUT2D eigenvalue weighted by Crippen LogP contribution is -2.45. The van der Waals surface area contributed by atoms with Crippen LogP contribution in [0.2, 0.25) is 5.02 Å². The van der Waals surface area contributed by atoms with E-state index in [0.29, 0.717) is 41.0 Å². The summed E-state index contributed by atoms with van der Waals surface area (Å²) >= 11 is 11.2. The molecular formula is C19H22ClN5O2S. The average molecular weight is 420 g/mol. The van der Waals surface area contributed by atoms with Crippen LogP contribution < -0.4 is 5.32 Å². The zero-order chi connectivity index (χ0) is 19.7. The number of carbonyl (C=O) groups is 2. The lowest BCUT2D eigenvalue weighted by molar-refractivity contribution is -0.126. The predicted octanol–water partition coefficient (Wildman–Crippen LogP) is 3.10. The first kappa shape index (κ1) is 19.1. The lowest BCUT2D eigenvalue weighted by Gasteiger charge is -2.32. The molecule has 2 fully saturated rings. The number of nitrogens with zero attached hydrogens (tertiary/aromatic N) is 3. The van der Waals surface area contributed by atoms with E-state index in [9.17, 15) is 9.59 Å². The number of aromatic nitrogens is 3. The molecule has 28 heavy (non-hydrogen) atoms. The van der Waals surface area contributed by atoms with E-state index in [1.807, 2.05) is 4.57 Å². The highest BCUT2D eigenvalue weighted by molar-refractivity contribution is 7.71. The van der Waals surface area contributed by atoms with E-state index in [4.69, 9.17) is 23.8 Å². The first-order valence-electron chi connectivity index (χ1n) is 9.51. The molecule has 1 saturated heterocycles. The highest BCUT2D eigenvalue weighted by Gasteiger charge is 2.30. The average Bonchev–Trinajstić information content (AvgIpc) is 3.48. The van der Waals surface area contributed by atoms with Gasteiger partial charge in [-0.1, -0.05) is 11.6 Å². The van der Waals surface area contributed by atoms with Crippen molar-refractivity contribution >= 4 is 35.6 Å². The normalized spacial score (nSPS) is 19.5. The highest BCUT2D eigenvalue weighted by Crippen LogP contribution is 2.35. The van der Waals surface area contributed by atoms with Gasteiger partial charge in [-0.05, 0) is 62.2 Å². The summed E-state index contributed by atoms with van der Waals surface area (Å²) in [6.07, 6.45) is 3.77. The van der Waals surface area contributed by atoms with Crippen LogP contribution in [-0.2, 0) is 11.3 Å². The summed E-state index contributed by atoms with van der Waals surface area (Å²) in [5.74, 6) is 0.417. The Morgan fingerprint density at radius 2 is 2.00 bits per heavy atom. The van der Waals surface area contributed by atoms with E-state index in [0.717, 1.165) is 31.5 Å². The van der Waals surface area contributed by atoms with Crippen molar-refractivity contribution in [3.8, 4) is 0 Å². The van der Waals surface area contributed by atoms with Gasteiger partial charge >= 0.3 is 0 Å². The Morgan fingerprint density at radius 1 is 1.25 bits per heavy atom. The smallest absolute Gasteiger partial charge is 0.253 e. The minimum atomic E-state index is -0.221. The first-order valence-corrected chi connectivity index (χ1v) is 10.3. The number of hydrogen-bond donors (Lipinski definition) is 2. The summed E-state index contributed by atoms with van der Waals surface area (Å²) in [6.45, 7) is 1.42. The van der Waals surface area contributed by atoms with E-state index in [1.54, 1.807) is 29.2 Å². The van der Waals surface area contributed by atoms with E-state index in [-0.39, 0.29) is 17.7 Å². The van der Waals surface area contributed by atoms with Crippen LogP contribution in [0.5, 0.6) is 0 Å². The SMILES string of the molecule is O=C(NCc1n[nH]c(=S)n1C1CC1)C1CCCN(C(=O)c2ccc(Cl)cc2)C1. The number of rotatable bonds is 5. The fraction of sp³-hybridized carbons (Fsp3) is 0.474. The molecule has 0 spiro atoms. The van der Waals surface area contributed by atoms with Crippen molar-refractivity contribution in [2.24, 2.45) is 5.92 Å². The summed E-state index contributed by atoms with van der Waals surface area (Å²) in [6, 6.07) is 7.24. The molecule has 4 rings (SSSR count). The summed E-state index contributed by atoms with van der Waals surface area (Å²) in [5.41, 5.74) is 0.588. The third-order valence-electron chi connectivity index (χ3n) is 5.28. The van der Waals surface area contributed by atoms with E-state index in [2.05, 4.69) is 15.5 Å². The van der Waals surface area contributed by atoms with Crippen LogP contribution in [0.3, 0.4) is 0 Å². The van der Waals surface area contributed by atoms with Crippen molar-refractivity contribution in [2.75, 3.05) is 13.1 Å². The van der Waals surface area contributed by atoms with Gasteiger partial charge in [-0.3, -0.25) is 19.3 Å². The number of hydrogen-bond acceptors (Lipinski definition) is 4. The number of aromatic amines is 1. The van der Waals surface area contributed by atoms with Crippen molar-refractivity contribution in [1.82, 2.24) is 25.0 Å². The predicted molar refractivity (Wildman–Crippen MR) is 108 cm³/mol. The maximum atomic E-state index is 12.7. The van der Waals surface area contributed by atoms with Crippen molar-refractivity contribution < 1.29 is 9.59 Å². The minimum Gasteiger partial charge on any atom is -0.348 e. The Balaban J connectivity index is 1.36. The Morgan fingerprint density at radius 3 is 2.71 bits per heavy atom. The molecule has 1 aliphatic carbocycles. The van der Waals surface area contributed by atoms with Gasteiger partial charge in [0.15, 0.2) is 10.6 Å². The number of piperidine rings is 1. The fourth-order valence-electron chi connectivity index (χ4n) is 3.63. The zero-order valence-corrected chi connectivity index (χ0v) is 16.9. The van der Waals surface area contributed by atoms with Crippen LogP contribution in [-0.4, -0.2) is 44.6 Å². The molecule has 0 bridgehead atoms. The van der Waals surface area contributed by atoms with E-state index < -0.39 is 0 Å². The monoisotopic (exact) mass is 419 g/mol. The molecule has 7 nitrogen and oxygen atoms in total. The topological polar surface area (TPSA) is 83.0 Å². The second-order valence-corrected chi connectivity index (χ2v) is 8.18. The highest BCUT2D eigenvalue weighted by atomic mass is 35.5. The Kier molecular flexibility index (Phi) is 5.50. The molecule has 1 aromatic heterocycles. The third-order valence-corrected chi connectivity index (χ3v) is 5.82. The fourth-order valence-corrected chi connectivity index (χ4v) is 4.06. The number of likely N-dealkylation sites (tertiary alicyclic amines) is 1. The van der Waals surface area contributed by atoms with Gasteiger partial charge in [0.05, 0.1) is 12.5 Å². The van der Waals surface area contributed by atoms with Crippen LogP contribution in [0.25, 0.3) is 0 Å². The van der Waals surface area contributed by atoms with Gasteiger partial charge in [-0.15, -0.1) is 0 Å². The van der Waals surface area contributed by atoms with Crippen molar-refractivity contribution in [2.45, 2.75) is 38.3 Å². The Bertz CT molecular complexity index is 935. The summed E-state index contributed by atoms with van der Waals surface area (Å²) < 4.78 is 2.59. The maximum Gasteiger partial charge on any atom is 0.253 e. The van der Waals surface area contributed by atoms with E-state index >= 15 is 0 Å². The van der Waals surface area contributed by atoms with Gasteiger partial charge in [-0.2, -0.15) is 5.10 Å². The van der Waals surface area contributed by atoms with Crippen LogP contribution >= 0.6 is 23.8 Å². The van der Waals surface area contributed by atoms with Crippen LogP contribution in [0, 0.1) is 10.7 Å². The number of H-pyrrole nitrogens is 1. The Hall–Kier alpha value is -2.19. The third kappa shape index (κ3) is 4.12. The molecule has 1 atom stereocenters. The molecule has 2 aliphatic rings. The molecule has 9 heteroatoms. The van der Waals surface area contributed by atoms with Gasteiger partial charge in [0, 0.05) is 29.7 Å². The van der Waals surface area contributed by atoms with Gasteiger partial charge in [0.2, 0.25) is 5.91 Å². The second kappa shape index (κ2) is 8.05. The molecular weight excluding hydrogens is 398 g/mol. The van der Waals surface area contributed by atoms with Crippen LogP contribution in [0.1, 0.15) is 47.9 Å². The Labute approximate surface area is 173 Å². The summed E-state index contributed by atoms with van der Waals surface area (Å²) in [4.78, 5) is 27.1. The summed E-state index contributed by atoms with van der Waals surface area (Å²) in [5, 5.41) is 10.6. The molecule has 2 N–H and O–H groups in total. The van der Waals surface area contributed by atoms with Gasteiger partial charge in [0.1, 0.15) is 0 Å². The second-order valence-electron chi connectivity index (χ2n) is 7.36. The van der Waals surface area contributed by atoms with Crippen LogP contribution in [0.4, 0.5) is 0 Å². The lowest BCUT2D eigenvalue weighted by atomic mass is 9.96. The number of benzene rings is 1. The molecule has 0 radical (unpaired) electrons. The van der Waals surface area contributed by atoms with Crippen molar-refractivity contribution in [1.29, 1.82) is 0 Å². The van der Waals surface area contributed by atoms with Gasteiger partial charge < -0.3 is 10.2 Å². The maximum absolute atomic E-state index is 12.7. The largest absolute Gasteiger partial charge is 0.348 e. The summed E-state index contributed by atoms with van der Waals surface area (Å²) in [7, 11) is 0. The molecule has 148 valence electrons. The molecule has 2 amide bonds. The first-order chi connectivity index (χ1) is 13.5. The van der Waals surface area contributed by atoms with Gasteiger partial charge in [0.25, 0.3) is 5.91 Å². The van der Waals surface area contributed by atoms with E-state index in [1.165, 1.54) is 0 Å². The standard InChI is InChI=1S/C19H22ClN5O2S/c20-14-5-3-12(4-6-14)18(27)24-9-1-2-13(11-24)17(26)21-10-16-22-23-19(28)25(16)15-7-8-15/h3-6,13,15H,1-2,7-11H2,(H,21,26)(H,23,28). The zero-order valence-electron chi connectivity index (χ0n) is 15.4. The molecule has 1 aromatic carbocycles. The molecule has 2 heterocycles. The van der Waals surface area contributed by atoms with Gasteiger partial charge in [-0.25, -0.2) is 0 Å². The molecule has 1 unspecified atom stereocenters. The van der Waals surface area contributed by atoms with Crippen molar-refractivity contribution in [3.05, 3.63) is 45.4 Å². The number of nitrogens with one attached hydrogen (secondary N) is 2. The molecule has 1 saturated carbocycles. The minimum absolute atomic E-state index is 0.0510.